The fraction of sp³-hybridized carbons (Fsp3) is 0.130. The van der Waals surface area contributed by atoms with E-state index in [9.17, 15) is 14.7 Å². The van der Waals surface area contributed by atoms with E-state index in [1.165, 1.54) is 11.2 Å². The summed E-state index contributed by atoms with van der Waals surface area (Å²) in [6.45, 7) is 0.111. The number of nitrogens with zero attached hydrogens (tertiary/aromatic N) is 1. The van der Waals surface area contributed by atoms with Crippen LogP contribution < -0.4 is 4.74 Å². The number of carbonyl (C=O) groups is 2. The molecule has 1 N–H and O–H groups in total. The number of benzene rings is 2. The Hall–Kier alpha value is -3.80. The molecule has 146 valence electrons. The number of methoxy groups -OCH3 is 1. The molecular formula is C23H19NO5. The van der Waals surface area contributed by atoms with E-state index in [1.54, 1.807) is 67.8 Å². The minimum absolute atomic E-state index is 0.0536. The largest absolute Gasteiger partial charge is 0.507 e. The van der Waals surface area contributed by atoms with Gasteiger partial charge in [-0.2, -0.15) is 0 Å². The van der Waals surface area contributed by atoms with Crippen molar-refractivity contribution in [1.82, 2.24) is 4.90 Å². The van der Waals surface area contributed by atoms with Crippen LogP contribution in [0.15, 0.2) is 83.0 Å². The SMILES string of the molecule is COc1ccc(C2/C(=C(\O)c3ccccc3)C(=O)C(=O)N2Cc2ccco2)cc1. The van der Waals surface area contributed by atoms with Gasteiger partial charge in [0.2, 0.25) is 0 Å². The van der Waals surface area contributed by atoms with Gasteiger partial charge in [-0.05, 0) is 29.8 Å². The van der Waals surface area contributed by atoms with Crippen LogP contribution in [-0.2, 0) is 16.1 Å². The number of aliphatic hydroxyl groups excluding tert-OH is 1. The van der Waals surface area contributed by atoms with E-state index in [1.807, 2.05) is 6.07 Å². The van der Waals surface area contributed by atoms with Crippen molar-refractivity contribution < 1.29 is 23.8 Å². The lowest BCUT2D eigenvalue weighted by Gasteiger charge is -2.24. The molecule has 1 atom stereocenters. The van der Waals surface area contributed by atoms with Crippen molar-refractivity contribution in [3.05, 3.63) is 95.5 Å². The number of ether oxygens (including phenoxy) is 1. The molecule has 2 aromatic carbocycles. The maximum atomic E-state index is 12.9. The lowest BCUT2D eigenvalue weighted by molar-refractivity contribution is -0.140. The third-order valence-corrected chi connectivity index (χ3v) is 4.93. The van der Waals surface area contributed by atoms with Gasteiger partial charge in [-0.1, -0.05) is 42.5 Å². The van der Waals surface area contributed by atoms with Crippen molar-refractivity contribution >= 4 is 17.4 Å². The Morgan fingerprint density at radius 3 is 2.38 bits per heavy atom. The molecule has 1 amide bonds. The molecule has 6 nitrogen and oxygen atoms in total. The van der Waals surface area contributed by atoms with Crippen molar-refractivity contribution in [3.8, 4) is 5.75 Å². The van der Waals surface area contributed by atoms with Crippen LogP contribution in [0.4, 0.5) is 0 Å². The van der Waals surface area contributed by atoms with Crippen LogP contribution in [0.3, 0.4) is 0 Å². The third-order valence-electron chi connectivity index (χ3n) is 4.93. The van der Waals surface area contributed by atoms with E-state index in [2.05, 4.69) is 0 Å². The molecule has 3 aromatic rings. The Bertz CT molecular complexity index is 1050. The number of aliphatic hydroxyl groups is 1. The maximum absolute atomic E-state index is 12.9. The number of hydrogen-bond donors (Lipinski definition) is 1. The van der Waals surface area contributed by atoms with Crippen LogP contribution in [0.1, 0.15) is 22.9 Å². The standard InChI is InChI=1S/C23H19NO5/c1-28-17-11-9-15(10-12-17)20-19(21(25)16-6-3-2-4-7-16)22(26)23(27)24(20)14-18-8-5-13-29-18/h2-13,20,25H,14H2,1H3/b21-19+. The number of amides is 1. The number of carbonyl (C=O) groups excluding carboxylic acids is 2. The molecule has 1 fully saturated rings. The second-order valence-corrected chi connectivity index (χ2v) is 6.65. The van der Waals surface area contributed by atoms with Gasteiger partial charge in [-0.25, -0.2) is 0 Å². The van der Waals surface area contributed by atoms with Crippen LogP contribution in [0.5, 0.6) is 5.75 Å². The van der Waals surface area contributed by atoms with Gasteiger partial charge < -0.3 is 19.2 Å². The second kappa shape index (κ2) is 7.67. The first-order valence-electron chi connectivity index (χ1n) is 9.10. The molecule has 0 saturated carbocycles. The number of rotatable bonds is 5. The van der Waals surface area contributed by atoms with Crippen molar-refractivity contribution in [2.75, 3.05) is 7.11 Å². The average Bonchev–Trinajstić information content (AvgIpc) is 3.36. The van der Waals surface area contributed by atoms with Gasteiger partial charge in [-0.3, -0.25) is 9.59 Å². The van der Waals surface area contributed by atoms with Crippen LogP contribution in [0.2, 0.25) is 0 Å². The molecule has 2 heterocycles. The van der Waals surface area contributed by atoms with Crippen molar-refractivity contribution in [1.29, 1.82) is 0 Å². The monoisotopic (exact) mass is 389 g/mol. The van der Waals surface area contributed by atoms with E-state index < -0.39 is 17.7 Å². The van der Waals surface area contributed by atoms with Gasteiger partial charge in [0.15, 0.2) is 0 Å². The first kappa shape index (κ1) is 18.6. The van der Waals surface area contributed by atoms with Crippen molar-refractivity contribution in [2.45, 2.75) is 12.6 Å². The average molecular weight is 389 g/mol. The topological polar surface area (TPSA) is 80.0 Å². The molecule has 4 rings (SSSR count). The Morgan fingerprint density at radius 1 is 1.03 bits per heavy atom. The van der Waals surface area contributed by atoms with Crippen LogP contribution in [-0.4, -0.2) is 28.8 Å². The normalized spacial score (nSPS) is 18.2. The first-order valence-corrected chi connectivity index (χ1v) is 9.10. The Balaban J connectivity index is 1.85. The predicted octanol–water partition coefficient (Wildman–Crippen LogP) is 3.91. The highest BCUT2D eigenvalue weighted by Gasteiger charge is 2.46. The zero-order valence-electron chi connectivity index (χ0n) is 15.7. The molecule has 1 saturated heterocycles. The summed E-state index contributed by atoms with van der Waals surface area (Å²) < 4.78 is 10.6. The summed E-state index contributed by atoms with van der Waals surface area (Å²) in [5.41, 5.74) is 1.22. The quantitative estimate of drug-likeness (QED) is 0.407. The molecule has 29 heavy (non-hydrogen) atoms. The smallest absolute Gasteiger partial charge is 0.296 e. The number of likely N-dealkylation sites (tertiary alicyclic amines) is 1. The Morgan fingerprint density at radius 2 is 1.76 bits per heavy atom. The Labute approximate surface area is 167 Å². The summed E-state index contributed by atoms with van der Waals surface area (Å²) in [5, 5.41) is 10.9. The molecule has 0 spiro atoms. The third kappa shape index (κ3) is 3.40. The zero-order valence-corrected chi connectivity index (χ0v) is 15.7. The van der Waals surface area contributed by atoms with Crippen molar-refractivity contribution in [2.24, 2.45) is 0 Å². The van der Waals surface area contributed by atoms with E-state index in [4.69, 9.17) is 9.15 Å². The molecule has 0 aliphatic carbocycles. The molecule has 1 aliphatic heterocycles. The van der Waals surface area contributed by atoms with Gasteiger partial charge >= 0.3 is 0 Å². The maximum Gasteiger partial charge on any atom is 0.296 e. The van der Waals surface area contributed by atoms with Gasteiger partial charge in [0.25, 0.3) is 11.7 Å². The molecule has 0 bridgehead atoms. The van der Waals surface area contributed by atoms with Gasteiger partial charge in [0.05, 0.1) is 31.5 Å². The van der Waals surface area contributed by atoms with E-state index in [0.717, 1.165) is 0 Å². The van der Waals surface area contributed by atoms with Gasteiger partial charge in [-0.15, -0.1) is 0 Å². The van der Waals surface area contributed by atoms with Crippen LogP contribution >= 0.6 is 0 Å². The zero-order chi connectivity index (χ0) is 20.4. The Kier molecular flexibility index (Phi) is 4.91. The highest BCUT2D eigenvalue weighted by Crippen LogP contribution is 2.40. The number of furan rings is 1. The first-order chi connectivity index (χ1) is 14.1. The fourth-order valence-corrected chi connectivity index (χ4v) is 3.50. The highest BCUT2D eigenvalue weighted by atomic mass is 16.5. The summed E-state index contributed by atoms with van der Waals surface area (Å²) in [6.07, 6.45) is 1.51. The lowest BCUT2D eigenvalue weighted by atomic mass is 9.95. The fourth-order valence-electron chi connectivity index (χ4n) is 3.50. The molecule has 6 heteroatoms. The summed E-state index contributed by atoms with van der Waals surface area (Å²) >= 11 is 0. The lowest BCUT2D eigenvalue weighted by Crippen LogP contribution is -2.29. The van der Waals surface area contributed by atoms with E-state index in [-0.39, 0.29) is 17.9 Å². The van der Waals surface area contributed by atoms with Gasteiger partial charge in [0.1, 0.15) is 17.3 Å². The number of hydrogen-bond acceptors (Lipinski definition) is 5. The van der Waals surface area contributed by atoms with Gasteiger partial charge in [0, 0.05) is 5.56 Å². The molecule has 1 unspecified atom stereocenters. The predicted molar refractivity (Wildman–Crippen MR) is 106 cm³/mol. The molecule has 0 radical (unpaired) electrons. The van der Waals surface area contributed by atoms with E-state index in [0.29, 0.717) is 22.6 Å². The second-order valence-electron chi connectivity index (χ2n) is 6.65. The minimum atomic E-state index is -0.744. The van der Waals surface area contributed by atoms with E-state index >= 15 is 0 Å². The molecular weight excluding hydrogens is 370 g/mol. The van der Waals surface area contributed by atoms with Crippen LogP contribution in [0.25, 0.3) is 5.76 Å². The number of Topliss-reactive ketones (excluding diaryl/α,β-unsaturated/α-hetero) is 1. The summed E-state index contributed by atoms with van der Waals surface area (Å²) in [5.74, 6) is -0.407. The molecule has 1 aromatic heterocycles. The summed E-state index contributed by atoms with van der Waals surface area (Å²) in [7, 11) is 1.56. The summed E-state index contributed by atoms with van der Waals surface area (Å²) in [6, 6.07) is 18.5. The molecule has 1 aliphatic rings. The number of ketones is 1. The highest BCUT2D eigenvalue weighted by molar-refractivity contribution is 6.46. The minimum Gasteiger partial charge on any atom is -0.507 e. The summed E-state index contributed by atoms with van der Waals surface area (Å²) in [4.78, 5) is 27.2. The van der Waals surface area contributed by atoms with Crippen LogP contribution in [0, 0.1) is 0 Å². The van der Waals surface area contributed by atoms with Crippen molar-refractivity contribution in [3.63, 3.8) is 0 Å².